The molecule has 9 heteroatoms. The number of sulfonamides is 1. The fourth-order valence-electron chi connectivity index (χ4n) is 3.46. The molecule has 134 valence electrons. The second-order valence-electron chi connectivity index (χ2n) is 6.43. The zero-order valence-electron chi connectivity index (χ0n) is 13.6. The van der Waals surface area contributed by atoms with Crippen LogP contribution in [0.3, 0.4) is 0 Å². The quantitative estimate of drug-likeness (QED) is 0.727. The van der Waals surface area contributed by atoms with E-state index in [1.165, 1.54) is 4.31 Å². The predicted molar refractivity (Wildman–Crippen MR) is 90.0 cm³/mol. The Morgan fingerprint density at radius 2 is 2.12 bits per heavy atom. The molecule has 3 heterocycles. The van der Waals surface area contributed by atoms with Gasteiger partial charge in [-0.15, -0.1) is 0 Å². The summed E-state index contributed by atoms with van der Waals surface area (Å²) in [6.45, 7) is 2.13. The van der Waals surface area contributed by atoms with E-state index in [0.29, 0.717) is 18.7 Å². The maximum Gasteiger partial charge on any atom is 0.214 e. The molecule has 0 radical (unpaired) electrons. The number of nitrogens with zero attached hydrogens (tertiary/aromatic N) is 2. The predicted octanol–water partition coefficient (Wildman–Crippen LogP) is 0.689. The second-order valence-corrected chi connectivity index (χ2v) is 11.0. The van der Waals surface area contributed by atoms with E-state index in [4.69, 9.17) is 4.74 Å². The van der Waals surface area contributed by atoms with Crippen molar-refractivity contribution in [2.75, 3.05) is 31.2 Å². The molecule has 0 aromatic carbocycles. The summed E-state index contributed by atoms with van der Waals surface area (Å²) in [4.78, 5) is 4.07. The second kappa shape index (κ2) is 6.27. The molecule has 0 N–H and O–H groups in total. The number of hydrogen-bond acceptors (Lipinski definition) is 6. The number of hydrogen-bond donors (Lipinski definition) is 0. The highest BCUT2D eigenvalue weighted by molar-refractivity contribution is 7.93. The van der Waals surface area contributed by atoms with Crippen LogP contribution in [-0.2, 0) is 19.9 Å². The summed E-state index contributed by atoms with van der Waals surface area (Å²) in [5, 5.41) is 0. The Morgan fingerprint density at radius 1 is 1.38 bits per heavy atom. The summed E-state index contributed by atoms with van der Waals surface area (Å²) >= 11 is 0. The molecule has 1 atom stereocenters. The van der Waals surface area contributed by atoms with Crippen LogP contribution in [0, 0.1) is 5.92 Å². The molecule has 0 unspecified atom stereocenters. The van der Waals surface area contributed by atoms with Gasteiger partial charge < -0.3 is 4.74 Å². The molecule has 2 saturated heterocycles. The van der Waals surface area contributed by atoms with Crippen LogP contribution in [0.25, 0.3) is 0 Å². The van der Waals surface area contributed by atoms with Gasteiger partial charge in [0, 0.05) is 31.3 Å². The molecule has 0 aliphatic carbocycles. The summed E-state index contributed by atoms with van der Waals surface area (Å²) in [5.41, 5.74) is 0. The van der Waals surface area contributed by atoms with Gasteiger partial charge in [-0.3, -0.25) is 0 Å². The van der Waals surface area contributed by atoms with Gasteiger partial charge in [-0.1, -0.05) is 13.0 Å². The Kier molecular flexibility index (Phi) is 4.61. The Labute approximate surface area is 143 Å². The molecule has 2 fully saturated rings. The Hall–Kier alpha value is -1.19. The third kappa shape index (κ3) is 2.93. The van der Waals surface area contributed by atoms with Gasteiger partial charge in [0.05, 0.1) is 18.1 Å². The third-order valence-corrected chi connectivity index (χ3v) is 9.48. The lowest BCUT2D eigenvalue weighted by atomic mass is 9.85. The van der Waals surface area contributed by atoms with Crippen molar-refractivity contribution >= 4 is 19.9 Å². The molecule has 3 rings (SSSR count). The van der Waals surface area contributed by atoms with Crippen molar-refractivity contribution in [1.82, 2.24) is 9.29 Å². The van der Waals surface area contributed by atoms with Gasteiger partial charge in [-0.2, -0.15) is 4.31 Å². The van der Waals surface area contributed by atoms with E-state index in [9.17, 15) is 16.8 Å². The van der Waals surface area contributed by atoms with Crippen LogP contribution in [0.5, 0.6) is 5.88 Å². The average Bonchev–Trinajstić information content (AvgIpc) is 2.75. The Bertz CT molecular complexity index is 786. The average molecular weight is 374 g/mol. The minimum Gasteiger partial charge on any atom is -0.477 e. The maximum absolute atomic E-state index is 12.5. The topological polar surface area (TPSA) is 93.6 Å². The Balaban J connectivity index is 1.73. The van der Waals surface area contributed by atoms with E-state index in [0.717, 1.165) is 0 Å². The Morgan fingerprint density at radius 3 is 2.75 bits per heavy atom. The van der Waals surface area contributed by atoms with Crippen LogP contribution in [-0.4, -0.2) is 62.1 Å². The van der Waals surface area contributed by atoms with Crippen molar-refractivity contribution in [3.63, 3.8) is 0 Å². The van der Waals surface area contributed by atoms with E-state index < -0.39 is 24.6 Å². The zero-order chi connectivity index (χ0) is 17.4. The van der Waals surface area contributed by atoms with Gasteiger partial charge in [0.25, 0.3) is 0 Å². The van der Waals surface area contributed by atoms with Crippen LogP contribution in [0.2, 0.25) is 0 Å². The van der Waals surface area contributed by atoms with Crippen molar-refractivity contribution in [2.24, 2.45) is 5.92 Å². The van der Waals surface area contributed by atoms with Crippen LogP contribution < -0.4 is 4.74 Å². The molecule has 0 amide bonds. The van der Waals surface area contributed by atoms with Gasteiger partial charge >= 0.3 is 0 Å². The lowest BCUT2D eigenvalue weighted by molar-refractivity contribution is 0.123. The van der Waals surface area contributed by atoms with Gasteiger partial charge in [-0.05, 0) is 18.9 Å². The molecular weight excluding hydrogens is 352 g/mol. The van der Waals surface area contributed by atoms with Crippen LogP contribution >= 0.6 is 0 Å². The molecule has 7 nitrogen and oxygen atoms in total. The first kappa shape index (κ1) is 17.6. The van der Waals surface area contributed by atoms with Crippen LogP contribution in [0.4, 0.5) is 0 Å². The molecular formula is C15H22N2O5S2. The van der Waals surface area contributed by atoms with Gasteiger partial charge in [0.1, 0.15) is 4.75 Å². The summed E-state index contributed by atoms with van der Waals surface area (Å²) in [7, 11) is -6.68. The smallest absolute Gasteiger partial charge is 0.214 e. The molecule has 0 bridgehead atoms. The fourth-order valence-corrected chi connectivity index (χ4v) is 7.65. The maximum atomic E-state index is 12.5. The number of ether oxygens (including phenoxy) is 1. The van der Waals surface area contributed by atoms with Gasteiger partial charge in [0.15, 0.2) is 9.84 Å². The van der Waals surface area contributed by atoms with Gasteiger partial charge in [0.2, 0.25) is 15.9 Å². The van der Waals surface area contributed by atoms with E-state index in [-0.39, 0.29) is 37.1 Å². The lowest BCUT2D eigenvalue weighted by Gasteiger charge is -2.48. The standard InChI is InChI=1S/C15H22N2O5S2/c1-2-8-24(20,21)17-11-15(12-17)13(6-9-23(15,18)19)10-22-14-5-3-4-7-16-14/h3-5,7,13H,2,6,8-12H2,1H3/t13-/m0/s1. The molecule has 1 aromatic heterocycles. The summed E-state index contributed by atoms with van der Waals surface area (Å²) in [6, 6.07) is 5.29. The van der Waals surface area contributed by atoms with E-state index in [1.54, 1.807) is 31.3 Å². The van der Waals surface area contributed by atoms with Crippen molar-refractivity contribution in [3.8, 4) is 5.88 Å². The van der Waals surface area contributed by atoms with E-state index >= 15 is 0 Å². The first-order chi connectivity index (χ1) is 11.3. The largest absolute Gasteiger partial charge is 0.477 e. The number of sulfone groups is 1. The van der Waals surface area contributed by atoms with Crippen molar-refractivity contribution < 1.29 is 21.6 Å². The van der Waals surface area contributed by atoms with E-state index in [1.807, 2.05) is 0 Å². The van der Waals surface area contributed by atoms with Crippen molar-refractivity contribution in [2.45, 2.75) is 24.5 Å². The SMILES string of the molecule is CCCS(=O)(=O)N1CC2(C1)[C@H](COc1ccccn1)CCS2(=O)=O. The fraction of sp³-hybridized carbons (Fsp3) is 0.667. The third-order valence-electron chi connectivity index (χ3n) is 4.91. The normalized spacial score (nSPS) is 25.5. The summed E-state index contributed by atoms with van der Waals surface area (Å²) in [6.07, 6.45) is 2.63. The number of pyridine rings is 1. The lowest BCUT2D eigenvalue weighted by Crippen LogP contribution is -2.69. The molecule has 1 spiro atoms. The van der Waals surface area contributed by atoms with Crippen molar-refractivity contribution in [1.29, 1.82) is 0 Å². The first-order valence-corrected chi connectivity index (χ1v) is 11.3. The zero-order valence-corrected chi connectivity index (χ0v) is 15.2. The highest BCUT2D eigenvalue weighted by atomic mass is 32.2. The highest BCUT2D eigenvalue weighted by Crippen LogP contribution is 2.45. The molecule has 1 aromatic rings. The molecule has 0 saturated carbocycles. The first-order valence-electron chi connectivity index (χ1n) is 8.05. The number of aromatic nitrogens is 1. The minimum absolute atomic E-state index is 0.0495. The molecule has 2 aliphatic heterocycles. The summed E-state index contributed by atoms with van der Waals surface area (Å²) in [5.74, 6) is 0.382. The van der Waals surface area contributed by atoms with Crippen molar-refractivity contribution in [3.05, 3.63) is 24.4 Å². The van der Waals surface area contributed by atoms with Gasteiger partial charge in [-0.25, -0.2) is 21.8 Å². The highest BCUT2D eigenvalue weighted by Gasteiger charge is 2.63. The molecule has 2 aliphatic rings. The number of rotatable bonds is 6. The van der Waals surface area contributed by atoms with Crippen LogP contribution in [0.15, 0.2) is 24.4 Å². The monoisotopic (exact) mass is 374 g/mol. The minimum atomic E-state index is -3.36. The van der Waals surface area contributed by atoms with E-state index in [2.05, 4.69) is 4.98 Å². The summed E-state index contributed by atoms with van der Waals surface area (Å²) < 4.78 is 55.3. The molecule has 24 heavy (non-hydrogen) atoms. The van der Waals surface area contributed by atoms with Crippen LogP contribution in [0.1, 0.15) is 19.8 Å².